The van der Waals surface area contributed by atoms with Crippen LogP contribution < -0.4 is 0 Å². The van der Waals surface area contributed by atoms with Crippen LogP contribution in [0.1, 0.15) is 24.2 Å². The summed E-state index contributed by atoms with van der Waals surface area (Å²) in [4.78, 5) is 24.5. The summed E-state index contributed by atoms with van der Waals surface area (Å²) in [7, 11) is 0. The second kappa shape index (κ2) is 5.28. The van der Waals surface area contributed by atoms with Crippen molar-refractivity contribution in [2.24, 2.45) is 11.8 Å². The highest BCUT2D eigenvalue weighted by Crippen LogP contribution is 2.28. The van der Waals surface area contributed by atoms with Gasteiger partial charge in [0.2, 0.25) is 0 Å². The Balaban J connectivity index is 2.29. The van der Waals surface area contributed by atoms with Crippen LogP contribution in [-0.4, -0.2) is 28.8 Å². The molecule has 5 nitrogen and oxygen atoms in total. The molecule has 2 unspecified atom stereocenters. The molecule has 0 N–H and O–H groups in total. The number of carbonyl (C=O) groups is 1. The first-order valence-electron chi connectivity index (χ1n) is 6.13. The molecule has 1 amide bonds. The van der Waals surface area contributed by atoms with Gasteiger partial charge in [0, 0.05) is 29.7 Å². The molecule has 102 valence electrons. The first-order valence-corrected chi connectivity index (χ1v) is 6.92. The molecule has 1 aliphatic heterocycles. The fourth-order valence-corrected chi connectivity index (χ4v) is 2.67. The highest BCUT2D eigenvalue weighted by molar-refractivity contribution is 9.10. The number of likely N-dealkylation sites (tertiary alicyclic amines) is 1. The van der Waals surface area contributed by atoms with Gasteiger partial charge in [0.1, 0.15) is 0 Å². The molecule has 0 radical (unpaired) electrons. The minimum atomic E-state index is -0.488. The largest absolute Gasteiger partial charge is 0.338 e. The molecule has 1 heterocycles. The molecule has 1 aliphatic rings. The van der Waals surface area contributed by atoms with Crippen molar-refractivity contribution in [3.63, 3.8) is 0 Å². The molecule has 19 heavy (non-hydrogen) atoms. The van der Waals surface area contributed by atoms with E-state index >= 15 is 0 Å². The lowest BCUT2D eigenvalue weighted by Gasteiger charge is -2.16. The van der Waals surface area contributed by atoms with Crippen molar-refractivity contribution in [1.82, 2.24) is 4.90 Å². The maximum atomic E-state index is 12.4. The lowest BCUT2D eigenvalue weighted by Crippen LogP contribution is -2.29. The Morgan fingerprint density at radius 1 is 1.37 bits per heavy atom. The Labute approximate surface area is 119 Å². The summed E-state index contributed by atoms with van der Waals surface area (Å²) < 4.78 is 0.593. The molecule has 1 saturated heterocycles. The van der Waals surface area contributed by atoms with Crippen LogP contribution in [0.3, 0.4) is 0 Å². The van der Waals surface area contributed by atoms with Crippen molar-refractivity contribution in [2.45, 2.75) is 13.8 Å². The number of nitro groups is 1. The summed E-state index contributed by atoms with van der Waals surface area (Å²) in [6.45, 7) is 5.63. The molecular formula is C13H15BrN2O3. The summed E-state index contributed by atoms with van der Waals surface area (Å²) in [6, 6.07) is 4.27. The average molecular weight is 327 g/mol. The van der Waals surface area contributed by atoms with Crippen molar-refractivity contribution >= 4 is 27.5 Å². The number of carbonyl (C=O) groups excluding carboxylic acids is 1. The Bertz CT molecular complexity index is 523. The van der Waals surface area contributed by atoms with Gasteiger partial charge in [0.15, 0.2) is 0 Å². The van der Waals surface area contributed by atoms with Gasteiger partial charge in [-0.3, -0.25) is 14.9 Å². The van der Waals surface area contributed by atoms with Gasteiger partial charge >= 0.3 is 0 Å². The average Bonchev–Trinajstić information content (AvgIpc) is 2.69. The standard InChI is InChI=1S/C13H15BrN2O3/c1-8-6-15(7-9(8)2)13(17)11-5-10(16(18)19)3-4-12(11)14/h3-5,8-9H,6-7H2,1-2H3. The quantitative estimate of drug-likeness (QED) is 0.619. The van der Waals surface area contributed by atoms with E-state index in [9.17, 15) is 14.9 Å². The Morgan fingerprint density at radius 2 is 1.95 bits per heavy atom. The van der Waals surface area contributed by atoms with Gasteiger partial charge in [-0.2, -0.15) is 0 Å². The van der Waals surface area contributed by atoms with E-state index in [1.165, 1.54) is 12.1 Å². The predicted molar refractivity (Wildman–Crippen MR) is 75.0 cm³/mol. The van der Waals surface area contributed by atoms with E-state index in [4.69, 9.17) is 0 Å². The number of nitrogens with zero attached hydrogens (tertiary/aromatic N) is 2. The van der Waals surface area contributed by atoms with E-state index in [0.717, 1.165) is 0 Å². The van der Waals surface area contributed by atoms with E-state index in [2.05, 4.69) is 29.8 Å². The third-order valence-electron chi connectivity index (χ3n) is 3.67. The van der Waals surface area contributed by atoms with Crippen LogP contribution in [0.25, 0.3) is 0 Å². The molecule has 0 aromatic heterocycles. The second-order valence-electron chi connectivity index (χ2n) is 5.09. The highest BCUT2D eigenvalue weighted by atomic mass is 79.9. The second-order valence-corrected chi connectivity index (χ2v) is 5.94. The third kappa shape index (κ3) is 2.78. The molecule has 0 bridgehead atoms. The van der Waals surface area contributed by atoms with Gasteiger partial charge in [0.25, 0.3) is 11.6 Å². The van der Waals surface area contributed by atoms with Gasteiger partial charge in [0.05, 0.1) is 10.5 Å². The molecule has 0 aliphatic carbocycles. The number of amides is 1. The van der Waals surface area contributed by atoms with Crippen molar-refractivity contribution in [1.29, 1.82) is 0 Å². The monoisotopic (exact) mass is 326 g/mol. The number of benzene rings is 1. The van der Waals surface area contributed by atoms with Gasteiger partial charge in [-0.25, -0.2) is 0 Å². The Hall–Kier alpha value is -1.43. The maximum Gasteiger partial charge on any atom is 0.270 e. The van der Waals surface area contributed by atoms with Crippen molar-refractivity contribution in [2.75, 3.05) is 13.1 Å². The van der Waals surface area contributed by atoms with Gasteiger partial charge in [-0.1, -0.05) is 13.8 Å². The number of nitro benzene ring substituents is 1. The van der Waals surface area contributed by atoms with Crippen LogP contribution in [0.5, 0.6) is 0 Å². The Kier molecular flexibility index (Phi) is 3.89. The van der Waals surface area contributed by atoms with E-state index in [1.807, 2.05) is 0 Å². The lowest BCUT2D eigenvalue weighted by molar-refractivity contribution is -0.384. The number of hydrogen-bond acceptors (Lipinski definition) is 3. The van der Waals surface area contributed by atoms with E-state index < -0.39 is 4.92 Å². The minimum absolute atomic E-state index is 0.0631. The van der Waals surface area contributed by atoms with Gasteiger partial charge < -0.3 is 4.90 Å². The molecule has 1 aromatic carbocycles. The molecule has 1 fully saturated rings. The first-order chi connectivity index (χ1) is 8.90. The number of non-ortho nitro benzene ring substituents is 1. The van der Waals surface area contributed by atoms with Crippen LogP contribution in [0, 0.1) is 22.0 Å². The molecule has 0 saturated carbocycles. The topological polar surface area (TPSA) is 63.5 Å². The third-order valence-corrected chi connectivity index (χ3v) is 4.36. The van der Waals surface area contributed by atoms with Crippen molar-refractivity contribution in [3.8, 4) is 0 Å². The first kappa shape index (κ1) is 14.0. The lowest BCUT2D eigenvalue weighted by atomic mass is 10.0. The molecule has 2 atom stereocenters. The molecule has 1 aromatic rings. The summed E-state index contributed by atoms with van der Waals surface area (Å²) in [5.41, 5.74) is 0.294. The van der Waals surface area contributed by atoms with Crippen LogP contribution in [-0.2, 0) is 0 Å². The van der Waals surface area contributed by atoms with Crippen molar-refractivity contribution < 1.29 is 9.72 Å². The predicted octanol–water partition coefficient (Wildman–Crippen LogP) is 3.09. The van der Waals surface area contributed by atoms with Gasteiger partial charge in [-0.05, 0) is 33.8 Å². The van der Waals surface area contributed by atoms with E-state index in [-0.39, 0.29) is 11.6 Å². The fraction of sp³-hybridized carbons (Fsp3) is 0.462. The van der Waals surface area contributed by atoms with E-state index in [1.54, 1.807) is 11.0 Å². The summed E-state index contributed by atoms with van der Waals surface area (Å²) in [5.74, 6) is 0.773. The zero-order valence-corrected chi connectivity index (χ0v) is 12.4. The van der Waals surface area contributed by atoms with Crippen molar-refractivity contribution in [3.05, 3.63) is 38.3 Å². The molecule has 0 spiro atoms. The number of halogens is 1. The molecule has 6 heteroatoms. The van der Waals surface area contributed by atoms with Crippen LogP contribution in [0.15, 0.2) is 22.7 Å². The Morgan fingerprint density at radius 3 is 2.47 bits per heavy atom. The van der Waals surface area contributed by atoms with Crippen LogP contribution in [0.4, 0.5) is 5.69 Å². The van der Waals surface area contributed by atoms with E-state index in [0.29, 0.717) is 35.0 Å². The number of rotatable bonds is 2. The number of hydrogen-bond donors (Lipinski definition) is 0. The summed E-state index contributed by atoms with van der Waals surface area (Å²) in [5, 5.41) is 10.8. The summed E-state index contributed by atoms with van der Waals surface area (Å²) in [6.07, 6.45) is 0. The smallest absolute Gasteiger partial charge is 0.270 e. The van der Waals surface area contributed by atoms with Gasteiger partial charge in [-0.15, -0.1) is 0 Å². The maximum absolute atomic E-state index is 12.4. The van der Waals surface area contributed by atoms with Crippen LogP contribution >= 0.6 is 15.9 Å². The zero-order chi connectivity index (χ0) is 14.2. The normalized spacial score (nSPS) is 22.6. The highest BCUT2D eigenvalue weighted by Gasteiger charge is 2.31. The zero-order valence-electron chi connectivity index (χ0n) is 10.8. The molecular weight excluding hydrogens is 312 g/mol. The fourth-order valence-electron chi connectivity index (χ4n) is 2.26. The summed E-state index contributed by atoms with van der Waals surface area (Å²) >= 11 is 3.29. The SMILES string of the molecule is CC1CN(C(=O)c2cc([N+](=O)[O-])ccc2Br)CC1C. The van der Waals surface area contributed by atoms with Crippen LogP contribution in [0.2, 0.25) is 0 Å². The molecule has 2 rings (SSSR count). The minimum Gasteiger partial charge on any atom is -0.338 e.